The molecule has 0 radical (unpaired) electrons. The van der Waals surface area contributed by atoms with E-state index in [0.717, 1.165) is 31.8 Å². The number of amides is 1. The molecule has 24 heavy (non-hydrogen) atoms. The lowest BCUT2D eigenvalue weighted by Gasteiger charge is -2.50. The van der Waals surface area contributed by atoms with Gasteiger partial charge in [-0.05, 0) is 55.3 Å². The Morgan fingerprint density at radius 2 is 2.33 bits per heavy atom. The number of rotatable bonds is 4. The molecular formula is C19H24N4O. The number of hydrogen-bond acceptors (Lipinski definition) is 3. The summed E-state index contributed by atoms with van der Waals surface area (Å²) in [6.07, 6.45) is 9.69. The normalized spacial score (nSPS) is 27.1. The Kier molecular flexibility index (Phi) is 3.88. The third kappa shape index (κ3) is 2.73. The fraction of sp³-hybridized carbons (Fsp3) is 0.474. The van der Waals surface area contributed by atoms with Crippen LogP contribution in [0.3, 0.4) is 0 Å². The van der Waals surface area contributed by atoms with E-state index in [1.807, 2.05) is 30.6 Å². The molecule has 2 atom stereocenters. The van der Waals surface area contributed by atoms with Gasteiger partial charge in [-0.2, -0.15) is 0 Å². The number of imidazole rings is 1. The highest BCUT2D eigenvalue weighted by atomic mass is 16.1. The van der Waals surface area contributed by atoms with Crippen LogP contribution in [0.1, 0.15) is 53.8 Å². The molecule has 1 aromatic carbocycles. The number of nitrogens with one attached hydrogen (secondary N) is 1. The summed E-state index contributed by atoms with van der Waals surface area (Å²) in [4.78, 5) is 21.7. The predicted octanol–water partition coefficient (Wildman–Crippen LogP) is 2.59. The Morgan fingerprint density at radius 3 is 3.12 bits per heavy atom. The van der Waals surface area contributed by atoms with E-state index in [-0.39, 0.29) is 11.3 Å². The summed E-state index contributed by atoms with van der Waals surface area (Å²) in [6.45, 7) is 1.97. The highest BCUT2D eigenvalue weighted by molar-refractivity contribution is 5.92. The first kappa shape index (κ1) is 15.4. The van der Waals surface area contributed by atoms with E-state index >= 15 is 0 Å². The number of aromatic amines is 1. The number of fused-ring (bicyclic) bond motifs is 2. The lowest BCUT2D eigenvalue weighted by atomic mass is 9.63. The number of aromatic nitrogens is 2. The summed E-state index contributed by atoms with van der Waals surface area (Å²) in [6, 6.07) is 8.58. The van der Waals surface area contributed by atoms with Crippen molar-refractivity contribution in [3.8, 4) is 0 Å². The number of carbonyl (C=O) groups excluding carboxylic acids is 1. The second-order valence-electron chi connectivity index (χ2n) is 7.23. The SMILES string of the molecule is NC(=O)c1cccc(C23CCCC(C2)N(Cc2ncc[nH]2)CC3)c1. The van der Waals surface area contributed by atoms with Gasteiger partial charge < -0.3 is 10.7 Å². The number of H-pyrrole nitrogens is 1. The molecule has 4 rings (SSSR count). The van der Waals surface area contributed by atoms with E-state index in [9.17, 15) is 4.79 Å². The number of likely N-dealkylation sites (tertiary alicyclic amines) is 1. The summed E-state index contributed by atoms with van der Waals surface area (Å²) in [7, 11) is 0. The van der Waals surface area contributed by atoms with Crippen LogP contribution in [0.4, 0.5) is 0 Å². The van der Waals surface area contributed by atoms with Gasteiger partial charge in [-0.15, -0.1) is 0 Å². The minimum atomic E-state index is -0.337. The first-order valence-corrected chi connectivity index (χ1v) is 8.79. The maximum absolute atomic E-state index is 11.5. The molecule has 2 bridgehead atoms. The van der Waals surface area contributed by atoms with Crippen LogP contribution in [0, 0.1) is 0 Å². The van der Waals surface area contributed by atoms with Gasteiger partial charge >= 0.3 is 0 Å². The van der Waals surface area contributed by atoms with Crippen LogP contribution >= 0.6 is 0 Å². The summed E-state index contributed by atoms with van der Waals surface area (Å²) >= 11 is 0. The van der Waals surface area contributed by atoms with E-state index in [0.29, 0.717) is 11.6 Å². The van der Waals surface area contributed by atoms with Gasteiger partial charge in [-0.3, -0.25) is 9.69 Å². The molecule has 1 saturated heterocycles. The summed E-state index contributed by atoms with van der Waals surface area (Å²) in [5.41, 5.74) is 7.60. The van der Waals surface area contributed by atoms with E-state index < -0.39 is 0 Å². The third-order valence-corrected chi connectivity index (χ3v) is 5.88. The standard InChI is InChI=1S/C19H24N4O/c20-18(24)14-3-1-4-15(11-14)19-6-2-5-16(12-19)23(10-7-19)13-17-21-8-9-22-17/h1,3-4,8-9,11,16H,2,5-7,10,12-13H2,(H2,20,24)(H,21,22). The Balaban J connectivity index is 1.57. The van der Waals surface area contributed by atoms with Crippen molar-refractivity contribution in [3.05, 3.63) is 53.6 Å². The Morgan fingerprint density at radius 1 is 1.42 bits per heavy atom. The minimum absolute atomic E-state index is 0.202. The molecular weight excluding hydrogens is 300 g/mol. The van der Waals surface area contributed by atoms with Crippen LogP contribution in [0.25, 0.3) is 0 Å². The number of nitrogens with two attached hydrogens (primary N) is 1. The highest BCUT2D eigenvalue weighted by Gasteiger charge is 2.43. The fourth-order valence-electron chi connectivity index (χ4n) is 4.60. The molecule has 1 amide bonds. The summed E-state index contributed by atoms with van der Waals surface area (Å²) in [5.74, 6) is 0.708. The number of primary amides is 1. The zero-order chi connectivity index (χ0) is 16.6. The second kappa shape index (κ2) is 6.06. The molecule has 1 aromatic heterocycles. The van der Waals surface area contributed by atoms with Gasteiger partial charge in [0.2, 0.25) is 5.91 Å². The molecule has 5 heteroatoms. The molecule has 1 aliphatic carbocycles. The average molecular weight is 324 g/mol. The lowest BCUT2D eigenvalue weighted by molar-refractivity contribution is 0.0442. The molecule has 3 N–H and O–H groups in total. The number of benzene rings is 1. The molecule has 2 aromatic rings. The Labute approximate surface area is 142 Å². The quantitative estimate of drug-likeness (QED) is 0.908. The zero-order valence-corrected chi connectivity index (χ0v) is 13.9. The Bertz CT molecular complexity index is 727. The minimum Gasteiger partial charge on any atom is -0.366 e. The lowest BCUT2D eigenvalue weighted by Crippen LogP contribution is -2.51. The van der Waals surface area contributed by atoms with Crippen molar-refractivity contribution in [2.24, 2.45) is 5.73 Å². The van der Waals surface area contributed by atoms with Gasteiger partial charge in [-0.25, -0.2) is 4.98 Å². The summed E-state index contributed by atoms with van der Waals surface area (Å²) < 4.78 is 0. The van der Waals surface area contributed by atoms with Crippen LogP contribution in [-0.4, -0.2) is 33.4 Å². The zero-order valence-electron chi connectivity index (χ0n) is 13.9. The van der Waals surface area contributed by atoms with Gasteiger partial charge in [0.15, 0.2) is 0 Å². The number of piperidine rings is 1. The Hall–Kier alpha value is -2.14. The molecule has 1 saturated carbocycles. The van der Waals surface area contributed by atoms with Gasteiger partial charge in [0.25, 0.3) is 0 Å². The van der Waals surface area contributed by atoms with Gasteiger partial charge in [0.1, 0.15) is 5.82 Å². The van der Waals surface area contributed by atoms with Crippen molar-refractivity contribution in [2.45, 2.75) is 50.1 Å². The van der Waals surface area contributed by atoms with Crippen molar-refractivity contribution in [1.82, 2.24) is 14.9 Å². The molecule has 2 unspecified atom stereocenters. The molecule has 2 fully saturated rings. The predicted molar refractivity (Wildman–Crippen MR) is 92.5 cm³/mol. The molecule has 2 aliphatic rings. The van der Waals surface area contributed by atoms with Crippen LogP contribution in [0.2, 0.25) is 0 Å². The van der Waals surface area contributed by atoms with E-state index in [1.165, 1.54) is 24.8 Å². The van der Waals surface area contributed by atoms with Crippen molar-refractivity contribution >= 4 is 5.91 Å². The molecule has 0 spiro atoms. The van der Waals surface area contributed by atoms with Crippen LogP contribution < -0.4 is 5.73 Å². The molecule has 1 aliphatic heterocycles. The highest BCUT2D eigenvalue weighted by Crippen LogP contribution is 2.47. The second-order valence-corrected chi connectivity index (χ2v) is 7.23. The smallest absolute Gasteiger partial charge is 0.248 e. The number of nitrogens with zero attached hydrogens (tertiary/aromatic N) is 2. The van der Waals surface area contributed by atoms with Crippen LogP contribution in [-0.2, 0) is 12.0 Å². The number of hydrogen-bond donors (Lipinski definition) is 2. The van der Waals surface area contributed by atoms with E-state index in [1.54, 1.807) is 0 Å². The van der Waals surface area contributed by atoms with Crippen molar-refractivity contribution in [2.75, 3.05) is 6.54 Å². The fourth-order valence-corrected chi connectivity index (χ4v) is 4.60. The number of carbonyl (C=O) groups is 1. The first-order valence-electron chi connectivity index (χ1n) is 8.79. The van der Waals surface area contributed by atoms with Crippen molar-refractivity contribution in [1.29, 1.82) is 0 Å². The summed E-state index contributed by atoms with van der Waals surface area (Å²) in [5, 5.41) is 0. The van der Waals surface area contributed by atoms with Crippen molar-refractivity contribution in [3.63, 3.8) is 0 Å². The molecule has 5 nitrogen and oxygen atoms in total. The molecule has 126 valence electrons. The van der Waals surface area contributed by atoms with Crippen LogP contribution in [0.5, 0.6) is 0 Å². The van der Waals surface area contributed by atoms with Gasteiger partial charge in [0.05, 0.1) is 6.54 Å². The third-order valence-electron chi connectivity index (χ3n) is 5.88. The average Bonchev–Trinajstić information content (AvgIpc) is 3.11. The molecule has 2 heterocycles. The topological polar surface area (TPSA) is 75.0 Å². The van der Waals surface area contributed by atoms with Crippen LogP contribution in [0.15, 0.2) is 36.7 Å². The monoisotopic (exact) mass is 324 g/mol. The van der Waals surface area contributed by atoms with E-state index in [4.69, 9.17) is 5.73 Å². The van der Waals surface area contributed by atoms with E-state index in [2.05, 4.69) is 20.9 Å². The largest absolute Gasteiger partial charge is 0.366 e. The van der Waals surface area contributed by atoms with Crippen molar-refractivity contribution < 1.29 is 4.79 Å². The van der Waals surface area contributed by atoms with Gasteiger partial charge in [-0.1, -0.05) is 18.6 Å². The maximum Gasteiger partial charge on any atom is 0.248 e. The maximum atomic E-state index is 11.5. The van der Waals surface area contributed by atoms with Gasteiger partial charge in [0, 0.05) is 24.0 Å². The first-order chi connectivity index (χ1) is 11.7.